The van der Waals surface area contributed by atoms with Crippen LogP contribution in [0.25, 0.3) is 0 Å². The molecule has 0 saturated heterocycles. The highest BCUT2D eigenvalue weighted by molar-refractivity contribution is 5.84. The van der Waals surface area contributed by atoms with Gasteiger partial charge in [0.2, 0.25) is 0 Å². The number of hydrazone groups is 1. The largest absolute Gasteiger partial charge is 0.508 e. The lowest BCUT2D eigenvalue weighted by molar-refractivity contribution is 0.450. The van der Waals surface area contributed by atoms with Gasteiger partial charge in [0.05, 0.1) is 12.4 Å². The first-order chi connectivity index (χ1) is 8.65. The molecule has 18 heavy (non-hydrogen) atoms. The molecular weight excluding hydrogens is 238 g/mol. The highest BCUT2D eigenvalue weighted by Crippen LogP contribution is 2.20. The number of hydrogen-bond donors (Lipinski definition) is 4. The second-order valence-corrected chi connectivity index (χ2v) is 3.29. The van der Waals surface area contributed by atoms with E-state index in [1.807, 2.05) is 0 Å². The van der Waals surface area contributed by atoms with Crippen molar-refractivity contribution in [1.29, 1.82) is 0 Å². The molecule has 8 nitrogen and oxygen atoms in total. The average Bonchev–Trinajstić information content (AvgIpc) is 2.32. The summed E-state index contributed by atoms with van der Waals surface area (Å²) in [7, 11) is 0. The molecule has 0 atom stereocenters. The van der Waals surface area contributed by atoms with Crippen molar-refractivity contribution in [2.45, 2.75) is 0 Å². The summed E-state index contributed by atoms with van der Waals surface area (Å²) in [6.45, 7) is 0. The van der Waals surface area contributed by atoms with Gasteiger partial charge >= 0.3 is 5.69 Å². The second-order valence-electron chi connectivity index (χ2n) is 3.29. The highest BCUT2D eigenvalue weighted by atomic mass is 16.3. The molecule has 92 valence electrons. The maximum atomic E-state index is 10.8. The quantitative estimate of drug-likeness (QED) is 0.448. The van der Waals surface area contributed by atoms with Gasteiger partial charge in [0.15, 0.2) is 5.82 Å². The lowest BCUT2D eigenvalue weighted by Gasteiger charge is -1.99. The second kappa shape index (κ2) is 4.95. The normalized spacial score (nSPS) is 10.7. The first-order valence-electron chi connectivity index (χ1n) is 4.88. The van der Waals surface area contributed by atoms with Crippen LogP contribution < -0.4 is 11.1 Å². The molecule has 8 heteroatoms. The van der Waals surface area contributed by atoms with Gasteiger partial charge in [0.1, 0.15) is 11.5 Å². The minimum Gasteiger partial charge on any atom is -0.508 e. The Morgan fingerprint density at radius 2 is 2.22 bits per heavy atom. The number of anilines is 1. The van der Waals surface area contributed by atoms with Crippen LogP contribution in [0.5, 0.6) is 11.5 Å². The highest BCUT2D eigenvalue weighted by Gasteiger charge is 1.99. The predicted molar refractivity (Wildman–Crippen MR) is 63.6 cm³/mol. The van der Waals surface area contributed by atoms with Crippen LogP contribution in [-0.2, 0) is 0 Å². The number of phenols is 2. The molecule has 2 aromatic rings. The molecule has 2 rings (SSSR count). The van der Waals surface area contributed by atoms with Crippen molar-refractivity contribution in [1.82, 2.24) is 15.2 Å². The monoisotopic (exact) mass is 247 g/mol. The number of aromatic hydroxyl groups is 2. The van der Waals surface area contributed by atoms with Gasteiger partial charge in [-0.2, -0.15) is 15.2 Å². The van der Waals surface area contributed by atoms with Gasteiger partial charge in [0.25, 0.3) is 0 Å². The maximum absolute atomic E-state index is 10.8. The molecule has 0 radical (unpaired) electrons. The van der Waals surface area contributed by atoms with Crippen LogP contribution in [0.2, 0.25) is 0 Å². The maximum Gasteiger partial charge on any atom is 0.363 e. The first-order valence-corrected chi connectivity index (χ1v) is 4.88. The van der Waals surface area contributed by atoms with Gasteiger partial charge in [-0.05, 0) is 12.1 Å². The minimum atomic E-state index is -0.595. The molecule has 0 spiro atoms. The number of rotatable bonds is 3. The van der Waals surface area contributed by atoms with Crippen molar-refractivity contribution in [3.05, 3.63) is 40.4 Å². The SMILES string of the molecule is O=c1nc(N/N=C\c2ccc(O)cc2O)cn[nH]1. The molecule has 0 amide bonds. The topological polar surface area (TPSA) is 123 Å². The fraction of sp³-hybridized carbons (Fsp3) is 0. The van der Waals surface area contributed by atoms with Crippen molar-refractivity contribution < 1.29 is 10.2 Å². The van der Waals surface area contributed by atoms with Crippen LogP contribution in [0.15, 0.2) is 34.3 Å². The third-order valence-electron chi connectivity index (χ3n) is 1.97. The van der Waals surface area contributed by atoms with Crippen molar-refractivity contribution in [2.75, 3.05) is 5.43 Å². The Morgan fingerprint density at radius 3 is 2.94 bits per heavy atom. The molecule has 1 aromatic heterocycles. The van der Waals surface area contributed by atoms with Crippen LogP contribution in [0.3, 0.4) is 0 Å². The fourth-order valence-electron chi connectivity index (χ4n) is 1.17. The minimum absolute atomic E-state index is 0.0435. The Morgan fingerprint density at radius 1 is 1.39 bits per heavy atom. The summed E-state index contributed by atoms with van der Waals surface area (Å²) in [4.78, 5) is 14.4. The van der Waals surface area contributed by atoms with Crippen molar-refractivity contribution in [3.63, 3.8) is 0 Å². The van der Waals surface area contributed by atoms with E-state index in [1.165, 1.54) is 30.6 Å². The van der Waals surface area contributed by atoms with E-state index in [0.717, 1.165) is 0 Å². The number of H-pyrrole nitrogens is 1. The summed E-state index contributed by atoms with van der Waals surface area (Å²) in [5, 5.41) is 28.0. The number of phenolic OH excluding ortho intramolecular Hbond substituents is 2. The number of nitrogens with one attached hydrogen (secondary N) is 2. The zero-order chi connectivity index (χ0) is 13.0. The lowest BCUT2D eigenvalue weighted by atomic mass is 10.2. The van der Waals surface area contributed by atoms with Crippen LogP contribution in [0.1, 0.15) is 5.56 Å². The van der Waals surface area contributed by atoms with E-state index in [2.05, 4.69) is 25.7 Å². The Bertz CT molecular complexity index is 637. The summed E-state index contributed by atoms with van der Waals surface area (Å²) in [5.74, 6) is 0.0175. The van der Waals surface area contributed by atoms with Gasteiger partial charge in [-0.3, -0.25) is 5.43 Å². The van der Waals surface area contributed by atoms with E-state index < -0.39 is 5.69 Å². The smallest absolute Gasteiger partial charge is 0.363 e. The standard InChI is InChI=1S/C10H9N5O3/c16-7-2-1-6(8(17)3-7)4-11-14-9-5-12-15-10(18)13-9/h1-5,16-17H,(H2,13,14,15,18)/b11-4-. The number of aromatic nitrogens is 3. The molecule has 0 aliphatic carbocycles. The summed E-state index contributed by atoms with van der Waals surface area (Å²) in [6, 6.07) is 4.09. The molecule has 0 fully saturated rings. The summed E-state index contributed by atoms with van der Waals surface area (Å²) < 4.78 is 0. The molecule has 0 bridgehead atoms. The number of hydrogen-bond acceptors (Lipinski definition) is 7. The van der Waals surface area contributed by atoms with Gasteiger partial charge < -0.3 is 10.2 Å². The van der Waals surface area contributed by atoms with E-state index in [0.29, 0.717) is 5.56 Å². The van der Waals surface area contributed by atoms with E-state index in [-0.39, 0.29) is 17.3 Å². The van der Waals surface area contributed by atoms with Gasteiger partial charge in [0, 0.05) is 11.6 Å². The van der Waals surface area contributed by atoms with E-state index in [9.17, 15) is 9.90 Å². The number of benzene rings is 1. The molecule has 0 saturated carbocycles. The molecule has 0 aliphatic heterocycles. The lowest BCUT2D eigenvalue weighted by Crippen LogP contribution is -2.13. The first kappa shape index (κ1) is 11.6. The van der Waals surface area contributed by atoms with E-state index in [4.69, 9.17) is 5.11 Å². The summed E-state index contributed by atoms with van der Waals surface area (Å²) >= 11 is 0. The Balaban J connectivity index is 2.10. The third kappa shape index (κ3) is 2.82. The van der Waals surface area contributed by atoms with Crippen LogP contribution >= 0.6 is 0 Å². The van der Waals surface area contributed by atoms with Gasteiger partial charge in [-0.25, -0.2) is 9.89 Å². The van der Waals surface area contributed by atoms with Gasteiger partial charge in [-0.1, -0.05) is 0 Å². The third-order valence-corrected chi connectivity index (χ3v) is 1.97. The molecular formula is C10H9N5O3. The zero-order valence-electron chi connectivity index (χ0n) is 9.03. The van der Waals surface area contributed by atoms with Crippen molar-refractivity contribution in [3.8, 4) is 11.5 Å². The average molecular weight is 247 g/mol. The van der Waals surface area contributed by atoms with E-state index in [1.54, 1.807) is 0 Å². The van der Waals surface area contributed by atoms with Crippen LogP contribution in [0.4, 0.5) is 5.82 Å². The predicted octanol–water partition coefficient (Wildman–Crippen LogP) is 0.0221. The van der Waals surface area contributed by atoms with Gasteiger partial charge in [-0.15, -0.1) is 0 Å². The van der Waals surface area contributed by atoms with Crippen LogP contribution in [-0.4, -0.2) is 31.6 Å². The number of aromatic amines is 1. The van der Waals surface area contributed by atoms with Crippen molar-refractivity contribution in [2.24, 2.45) is 5.10 Å². The Labute approximate surface area is 101 Å². The fourth-order valence-corrected chi connectivity index (χ4v) is 1.17. The van der Waals surface area contributed by atoms with Crippen LogP contribution in [0, 0.1) is 0 Å². The molecule has 1 heterocycles. The van der Waals surface area contributed by atoms with E-state index >= 15 is 0 Å². The molecule has 1 aromatic carbocycles. The summed E-state index contributed by atoms with van der Waals surface area (Å²) in [5.41, 5.74) is 2.28. The molecule has 4 N–H and O–H groups in total. The number of nitrogens with zero attached hydrogens (tertiary/aromatic N) is 3. The summed E-state index contributed by atoms with van der Waals surface area (Å²) in [6.07, 6.45) is 2.60. The molecule has 0 aliphatic rings. The van der Waals surface area contributed by atoms with Crippen molar-refractivity contribution >= 4 is 12.0 Å². The zero-order valence-corrected chi connectivity index (χ0v) is 9.03. The molecule has 0 unspecified atom stereocenters. The Hall–Kier alpha value is -2.90. The Kier molecular flexibility index (Phi) is 3.19.